The van der Waals surface area contributed by atoms with E-state index in [0.717, 1.165) is 30.3 Å². The minimum absolute atomic E-state index is 0.631. The molecule has 0 spiro atoms. The molecule has 0 aliphatic heterocycles. The third-order valence-corrected chi connectivity index (χ3v) is 2.07. The van der Waals surface area contributed by atoms with Gasteiger partial charge in [-0.3, -0.25) is 0 Å². The molecule has 0 heterocycles. The summed E-state index contributed by atoms with van der Waals surface area (Å²) in [5, 5.41) is 3.96. The summed E-state index contributed by atoms with van der Waals surface area (Å²) in [5.74, 6) is 0. The van der Waals surface area contributed by atoms with Gasteiger partial charge in [0.15, 0.2) is 0 Å². The van der Waals surface area contributed by atoms with Crippen LogP contribution in [0.3, 0.4) is 0 Å². The molecule has 0 atom stereocenters. The van der Waals surface area contributed by atoms with Crippen molar-refractivity contribution in [2.45, 2.75) is 13.5 Å². The third kappa shape index (κ3) is 4.61. The van der Waals surface area contributed by atoms with Crippen molar-refractivity contribution < 1.29 is 4.74 Å². The molecule has 0 aliphatic rings. The van der Waals surface area contributed by atoms with Crippen molar-refractivity contribution in [3.8, 4) is 0 Å². The van der Waals surface area contributed by atoms with Gasteiger partial charge in [-0.05, 0) is 24.2 Å². The Morgan fingerprint density at radius 1 is 1.43 bits per heavy atom. The molecule has 0 aliphatic carbocycles. The van der Waals surface area contributed by atoms with Crippen molar-refractivity contribution in [3.05, 3.63) is 34.9 Å². The van der Waals surface area contributed by atoms with Crippen LogP contribution in [0, 0.1) is 0 Å². The van der Waals surface area contributed by atoms with Gasteiger partial charge in [0.25, 0.3) is 0 Å². The van der Waals surface area contributed by atoms with Gasteiger partial charge >= 0.3 is 0 Å². The maximum Gasteiger partial charge on any atom is 0.0718 e. The van der Waals surface area contributed by atoms with Crippen molar-refractivity contribution in [1.82, 2.24) is 5.32 Å². The highest BCUT2D eigenvalue weighted by Gasteiger charge is 1.93. The Morgan fingerprint density at radius 2 is 2.29 bits per heavy atom. The molecule has 1 aromatic rings. The molecule has 0 saturated heterocycles. The SMILES string of the molecule is CCNCCOCc1cccc(Cl)c1. The number of rotatable bonds is 6. The molecule has 0 fully saturated rings. The normalized spacial score (nSPS) is 10.4. The maximum absolute atomic E-state index is 5.84. The highest BCUT2D eigenvalue weighted by Crippen LogP contribution is 2.11. The molecule has 1 aromatic carbocycles. The molecule has 3 heteroatoms. The summed E-state index contributed by atoms with van der Waals surface area (Å²) < 4.78 is 5.46. The van der Waals surface area contributed by atoms with E-state index >= 15 is 0 Å². The van der Waals surface area contributed by atoms with Gasteiger partial charge in [0.05, 0.1) is 13.2 Å². The van der Waals surface area contributed by atoms with Crippen LogP contribution in [0.1, 0.15) is 12.5 Å². The van der Waals surface area contributed by atoms with Gasteiger partial charge in [-0.25, -0.2) is 0 Å². The van der Waals surface area contributed by atoms with Crippen molar-refractivity contribution in [1.29, 1.82) is 0 Å². The highest BCUT2D eigenvalue weighted by atomic mass is 35.5. The van der Waals surface area contributed by atoms with Crippen LogP contribution in [-0.2, 0) is 11.3 Å². The van der Waals surface area contributed by atoms with Crippen molar-refractivity contribution in [2.24, 2.45) is 0 Å². The lowest BCUT2D eigenvalue weighted by Crippen LogP contribution is -2.18. The zero-order chi connectivity index (χ0) is 10.2. The zero-order valence-corrected chi connectivity index (χ0v) is 9.18. The Kier molecular flexibility index (Phi) is 5.60. The average Bonchev–Trinajstić information content (AvgIpc) is 2.18. The van der Waals surface area contributed by atoms with E-state index in [1.165, 1.54) is 0 Å². The summed E-state index contributed by atoms with van der Waals surface area (Å²) in [6.07, 6.45) is 0. The van der Waals surface area contributed by atoms with Gasteiger partial charge in [0.2, 0.25) is 0 Å². The number of nitrogens with one attached hydrogen (secondary N) is 1. The molecule has 0 saturated carbocycles. The summed E-state index contributed by atoms with van der Waals surface area (Å²) >= 11 is 5.84. The van der Waals surface area contributed by atoms with Crippen LogP contribution < -0.4 is 5.32 Å². The van der Waals surface area contributed by atoms with E-state index < -0.39 is 0 Å². The Bertz CT molecular complexity index is 265. The molecular formula is C11H16ClNO. The van der Waals surface area contributed by atoms with Gasteiger partial charge in [0.1, 0.15) is 0 Å². The Hall–Kier alpha value is -0.570. The standard InChI is InChI=1S/C11H16ClNO/c1-2-13-6-7-14-9-10-4-3-5-11(12)8-10/h3-5,8,13H,2,6-7,9H2,1H3. The van der Waals surface area contributed by atoms with Gasteiger partial charge in [0, 0.05) is 11.6 Å². The van der Waals surface area contributed by atoms with Gasteiger partial charge in [-0.15, -0.1) is 0 Å². The Morgan fingerprint density at radius 3 is 3.00 bits per heavy atom. The van der Waals surface area contributed by atoms with E-state index in [0.29, 0.717) is 6.61 Å². The lowest BCUT2D eigenvalue weighted by Gasteiger charge is -2.04. The van der Waals surface area contributed by atoms with Crippen molar-refractivity contribution in [2.75, 3.05) is 19.7 Å². The predicted molar refractivity (Wildman–Crippen MR) is 59.7 cm³/mol. The van der Waals surface area contributed by atoms with E-state index in [1.54, 1.807) is 0 Å². The maximum atomic E-state index is 5.84. The topological polar surface area (TPSA) is 21.3 Å². The molecule has 0 amide bonds. The van der Waals surface area contributed by atoms with Crippen LogP contribution in [0.4, 0.5) is 0 Å². The predicted octanol–water partition coefficient (Wildman–Crippen LogP) is 2.47. The van der Waals surface area contributed by atoms with Crippen molar-refractivity contribution in [3.63, 3.8) is 0 Å². The Balaban J connectivity index is 2.18. The third-order valence-electron chi connectivity index (χ3n) is 1.83. The van der Waals surface area contributed by atoms with Crippen LogP contribution in [0.15, 0.2) is 24.3 Å². The average molecular weight is 214 g/mol. The summed E-state index contributed by atoms with van der Waals surface area (Å²) in [5.41, 5.74) is 1.12. The molecule has 78 valence electrons. The van der Waals surface area contributed by atoms with E-state index in [9.17, 15) is 0 Å². The van der Waals surface area contributed by atoms with E-state index in [4.69, 9.17) is 16.3 Å². The molecule has 0 unspecified atom stereocenters. The number of benzene rings is 1. The van der Waals surface area contributed by atoms with E-state index in [2.05, 4.69) is 12.2 Å². The van der Waals surface area contributed by atoms with Crippen LogP contribution in [0.2, 0.25) is 5.02 Å². The molecule has 0 aromatic heterocycles. The summed E-state index contributed by atoms with van der Waals surface area (Å²) in [6.45, 7) is 5.33. The van der Waals surface area contributed by atoms with Crippen LogP contribution in [-0.4, -0.2) is 19.7 Å². The largest absolute Gasteiger partial charge is 0.375 e. The minimum Gasteiger partial charge on any atom is -0.375 e. The number of ether oxygens (including phenoxy) is 1. The van der Waals surface area contributed by atoms with Crippen LogP contribution in [0.5, 0.6) is 0 Å². The molecule has 14 heavy (non-hydrogen) atoms. The molecule has 2 nitrogen and oxygen atoms in total. The lowest BCUT2D eigenvalue weighted by molar-refractivity contribution is 0.123. The fourth-order valence-corrected chi connectivity index (χ4v) is 1.35. The molecule has 1 rings (SSSR count). The number of halogens is 1. The number of hydrogen-bond donors (Lipinski definition) is 1. The lowest BCUT2D eigenvalue weighted by atomic mass is 10.2. The van der Waals surface area contributed by atoms with Crippen LogP contribution >= 0.6 is 11.6 Å². The Labute approximate surface area is 90.2 Å². The summed E-state index contributed by atoms with van der Waals surface area (Å²) in [4.78, 5) is 0. The highest BCUT2D eigenvalue weighted by molar-refractivity contribution is 6.30. The first kappa shape index (κ1) is 11.5. The first-order chi connectivity index (χ1) is 6.83. The fraction of sp³-hybridized carbons (Fsp3) is 0.455. The smallest absolute Gasteiger partial charge is 0.0718 e. The molecule has 1 N–H and O–H groups in total. The molecular weight excluding hydrogens is 198 g/mol. The van der Waals surface area contributed by atoms with Gasteiger partial charge in [-0.2, -0.15) is 0 Å². The molecule has 0 bridgehead atoms. The summed E-state index contributed by atoms with van der Waals surface area (Å²) in [7, 11) is 0. The van der Waals surface area contributed by atoms with Crippen LogP contribution in [0.25, 0.3) is 0 Å². The molecule has 0 radical (unpaired) electrons. The number of hydrogen-bond acceptors (Lipinski definition) is 2. The first-order valence-electron chi connectivity index (χ1n) is 4.86. The quantitative estimate of drug-likeness (QED) is 0.734. The zero-order valence-electron chi connectivity index (χ0n) is 8.42. The van der Waals surface area contributed by atoms with E-state index in [1.807, 2.05) is 24.3 Å². The second-order valence-electron chi connectivity index (χ2n) is 3.04. The second-order valence-corrected chi connectivity index (χ2v) is 3.47. The monoisotopic (exact) mass is 213 g/mol. The summed E-state index contributed by atoms with van der Waals surface area (Å²) in [6, 6.07) is 7.74. The second kappa shape index (κ2) is 6.82. The minimum atomic E-state index is 0.631. The van der Waals surface area contributed by atoms with Gasteiger partial charge < -0.3 is 10.1 Å². The van der Waals surface area contributed by atoms with Crippen molar-refractivity contribution >= 4 is 11.6 Å². The first-order valence-corrected chi connectivity index (χ1v) is 5.23. The fourth-order valence-electron chi connectivity index (χ4n) is 1.14. The number of likely N-dealkylation sites (N-methyl/N-ethyl adjacent to an activating group) is 1. The van der Waals surface area contributed by atoms with E-state index in [-0.39, 0.29) is 0 Å². The van der Waals surface area contributed by atoms with Gasteiger partial charge in [-0.1, -0.05) is 30.7 Å².